The lowest BCUT2D eigenvalue weighted by Gasteiger charge is -2.29. The van der Waals surface area contributed by atoms with Crippen LogP contribution in [-0.4, -0.2) is 24.0 Å². The zero-order valence-corrected chi connectivity index (χ0v) is 11.6. The van der Waals surface area contributed by atoms with Crippen molar-refractivity contribution >= 4 is 23.3 Å². The molecule has 0 heterocycles. The lowest BCUT2D eigenvalue weighted by molar-refractivity contribution is 0.194. The van der Waals surface area contributed by atoms with Crippen LogP contribution in [0.1, 0.15) is 12.8 Å². The molecule has 2 aliphatic carbocycles. The Morgan fingerprint density at radius 2 is 2.00 bits per heavy atom. The van der Waals surface area contributed by atoms with E-state index in [4.69, 9.17) is 11.6 Å². The van der Waals surface area contributed by atoms with Gasteiger partial charge in [0, 0.05) is 23.8 Å². The molecule has 2 aliphatic rings. The van der Waals surface area contributed by atoms with E-state index in [0.29, 0.717) is 22.9 Å². The van der Waals surface area contributed by atoms with Gasteiger partial charge in [0.1, 0.15) is 0 Å². The van der Waals surface area contributed by atoms with Crippen LogP contribution in [0.5, 0.6) is 0 Å². The van der Waals surface area contributed by atoms with Crippen LogP contribution < -0.4 is 5.32 Å². The maximum atomic E-state index is 12.2. The number of allylic oxidation sites excluding steroid dienone is 1. The SMILES string of the molecule is CN(C(=O)Nc1ccc(Cl)cc1)[C@@H]1C[C@H]2C=C[C@H]1C2. The monoisotopic (exact) mass is 276 g/mol. The molecule has 3 atom stereocenters. The molecule has 1 aromatic rings. The molecule has 19 heavy (non-hydrogen) atoms. The third-order valence-electron chi connectivity index (χ3n) is 4.16. The number of carbonyl (C=O) groups excluding carboxylic acids is 1. The summed E-state index contributed by atoms with van der Waals surface area (Å²) in [5.74, 6) is 1.20. The summed E-state index contributed by atoms with van der Waals surface area (Å²) in [5.41, 5.74) is 0.778. The number of rotatable bonds is 2. The van der Waals surface area contributed by atoms with Gasteiger partial charge in [0.15, 0.2) is 0 Å². The van der Waals surface area contributed by atoms with Gasteiger partial charge in [-0.05, 0) is 48.9 Å². The van der Waals surface area contributed by atoms with E-state index in [9.17, 15) is 4.79 Å². The molecule has 1 saturated carbocycles. The van der Waals surface area contributed by atoms with Crippen LogP contribution in [0.3, 0.4) is 0 Å². The van der Waals surface area contributed by atoms with Crippen molar-refractivity contribution in [2.45, 2.75) is 18.9 Å². The zero-order valence-electron chi connectivity index (χ0n) is 10.8. The summed E-state index contributed by atoms with van der Waals surface area (Å²) >= 11 is 5.83. The van der Waals surface area contributed by atoms with Gasteiger partial charge >= 0.3 is 6.03 Å². The van der Waals surface area contributed by atoms with Crippen LogP contribution in [0.25, 0.3) is 0 Å². The predicted molar refractivity (Wildman–Crippen MR) is 77.4 cm³/mol. The summed E-state index contributed by atoms with van der Waals surface area (Å²) in [6, 6.07) is 7.47. The Morgan fingerprint density at radius 1 is 1.26 bits per heavy atom. The minimum atomic E-state index is -0.0479. The van der Waals surface area contributed by atoms with E-state index >= 15 is 0 Å². The Morgan fingerprint density at radius 3 is 2.58 bits per heavy atom. The highest BCUT2D eigenvalue weighted by atomic mass is 35.5. The fourth-order valence-electron chi connectivity index (χ4n) is 3.09. The second-order valence-corrected chi connectivity index (χ2v) is 5.83. The first-order chi connectivity index (χ1) is 9.13. The number of amides is 2. The summed E-state index contributed by atoms with van der Waals surface area (Å²) in [4.78, 5) is 14.1. The van der Waals surface area contributed by atoms with Gasteiger partial charge in [0.2, 0.25) is 0 Å². The van der Waals surface area contributed by atoms with Crippen LogP contribution in [-0.2, 0) is 0 Å². The Bertz CT molecular complexity index is 511. The van der Waals surface area contributed by atoms with E-state index in [1.807, 2.05) is 24.1 Å². The molecule has 4 heteroatoms. The van der Waals surface area contributed by atoms with Gasteiger partial charge in [-0.1, -0.05) is 23.8 Å². The van der Waals surface area contributed by atoms with E-state index < -0.39 is 0 Å². The van der Waals surface area contributed by atoms with Crippen molar-refractivity contribution in [3.8, 4) is 0 Å². The van der Waals surface area contributed by atoms with Crippen LogP contribution in [0.2, 0.25) is 5.02 Å². The van der Waals surface area contributed by atoms with Crippen molar-refractivity contribution in [2.75, 3.05) is 12.4 Å². The van der Waals surface area contributed by atoms with Gasteiger partial charge in [-0.25, -0.2) is 4.79 Å². The average molecular weight is 277 g/mol. The summed E-state index contributed by atoms with van der Waals surface area (Å²) < 4.78 is 0. The second kappa shape index (κ2) is 4.89. The number of nitrogens with zero attached hydrogens (tertiary/aromatic N) is 1. The van der Waals surface area contributed by atoms with Crippen LogP contribution in [0.15, 0.2) is 36.4 Å². The molecule has 0 aliphatic heterocycles. The maximum absolute atomic E-state index is 12.2. The van der Waals surface area contributed by atoms with E-state index in [0.717, 1.165) is 12.1 Å². The standard InChI is InChI=1S/C15H17ClN2O/c1-18(14-9-10-2-3-11(14)8-10)15(19)17-13-6-4-12(16)5-7-13/h2-7,10-11,14H,8-9H2,1H3,(H,17,19)/t10-,11-,14+/m0/s1. The van der Waals surface area contributed by atoms with E-state index in [1.165, 1.54) is 6.42 Å². The fraction of sp³-hybridized carbons (Fsp3) is 0.400. The highest BCUT2D eigenvalue weighted by Gasteiger charge is 2.39. The molecule has 0 aromatic heterocycles. The molecule has 1 aromatic carbocycles. The first-order valence-electron chi connectivity index (χ1n) is 6.61. The van der Waals surface area contributed by atoms with E-state index in [-0.39, 0.29) is 6.03 Å². The number of fused-ring (bicyclic) bond motifs is 2. The van der Waals surface area contributed by atoms with Crippen molar-refractivity contribution in [1.82, 2.24) is 4.90 Å². The smallest absolute Gasteiger partial charge is 0.321 e. The number of anilines is 1. The van der Waals surface area contributed by atoms with Gasteiger partial charge in [0.25, 0.3) is 0 Å². The summed E-state index contributed by atoms with van der Waals surface area (Å²) in [7, 11) is 1.88. The number of halogens is 1. The molecule has 1 N–H and O–H groups in total. The van der Waals surface area contributed by atoms with Gasteiger partial charge < -0.3 is 10.2 Å². The zero-order chi connectivity index (χ0) is 13.4. The molecule has 2 bridgehead atoms. The van der Waals surface area contributed by atoms with Gasteiger partial charge in [-0.15, -0.1) is 0 Å². The first kappa shape index (κ1) is 12.5. The minimum Gasteiger partial charge on any atom is -0.324 e. The van der Waals surface area contributed by atoms with Crippen LogP contribution in [0.4, 0.5) is 10.5 Å². The first-order valence-corrected chi connectivity index (χ1v) is 6.99. The third-order valence-corrected chi connectivity index (χ3v) is 4.41. The molecule has 3 nitrogen and oxygen atoms in total. The minimum absolute atomic E-state index is 0.0479. The topological polar surface area (TPSA) is 32.3 Å². The molecular weight excluding hydrogens is 260 g/mol. The van der Waals surface area contributed by atoms with Gasteiger partial charge in [-0.3, -0.25) is 0 Å². The lowest BCUT2D eigenvalue weighted by atomic mass is 10.0. The maximum Gasteiger partial charge on any atom is 0.321 e. The number of hydrogen-bond acceptors (Lipinski definition) is 1. The van der Waals surface area contributed by atoms with Gasteiger partial charge in [0.05, 0.1) is 0 Å². The average Bonchev–Trinajstić information content (AvgIpc) is 3.03. The molecule has 0 radical (unpaired) electrons. The van der Waals surface area contributed by atoms with Crippen molar-refractivity contribution in [3.05, 3.63) is 41.4 Å². The second-order valence-electron chi connectivity index (χ2n) is 5.40. The highest BCUT2D eigenvalue weighted by molar-refractivity contribution is 6.30. The number of hydrogen-bond donors (Lipinski definition) is 1. The number of nitrogens with one attached hydrogen (secondary N) is 1. The van der Waals surface area contributed by atoms with E-state index in [1.54, 1.807) is 12.1 Å². The molecule has 3 rings (SSSR count). The Balaban J connectivity index is 1.64. The number of carbonyl (C=O) groups is 1. The summed E-state index contributed by atoms with van der Waals surface area (Å²) in [5, 5.41) is 3.58. The molecule has 0 spiro atoms. The summed E-state index contributed by atoms with van der Waals surface area (Å²) in [6.07, 6.45) is 6.83. The van der Waals surface area contributed by atoms with Crippen molar-refractivity contribution in [1.29, 1.82) is 0 Å². The number of benzene rings is 1. The molecule has 0 unspecified atom stereocenters. The Hall–Kier alpha value is -1.48. The molecule has 2 amide bonds. The molecule has 0 saturated heterocycles. The number of urea groups is 1. The van der Waals surface area contributed by atoms with Crippen LogP contribution >= 0.6 is 11.6 Å². The summed E-state index contributed by atoms with van der Waals surface area (Å²) in [6.45, 7) is 0. The predicted octanol–water partition coefficient (Wildman–Crippen LogP) is 3.77. The Kier molecular flexibility index (Phi) is 3.23. The highest BCUT2D eigenvalue weighted by Crippen LogP contribution is 2.41. The molecule has 1 fully saturated rings. The fourth-order valence-corrected chi connectivity index (χ4v) is 3.22. The molecule has 100 valence electrons. The molecular formula is C15H17ClN2O. The van der Waals surface area contributed by atoms with Crippen molar-refractivity contribution < 1.29 is 4.79 Å². The van der Waals surface area contributed by atoms with Crippen molar-refractivity contribution in [3.63, 3.8) is 0 Å². The quantitative estimate of drug-likeness (QED) is 0.820. The van der Waals surface area contributed by atoms with Crippen LogP contribution in [0, 0.1) is 11.8 Å². The van der Waals surface area contributed by atoms with Crippen molar-refractivity contribution in [2.24, 2.45) is 11.8 Å². The largest absolute Gasteiger partial charge is 0.324 e. The Labute approximate surface area is 118 Å². The van der Waals surface area contributed by atoms with Gasteiger partial charge in [-0.2, -0.15) is 0 Å². The lowest BCUT2D eigenvalue weighted by Crippen LogP contribution is -2.42. The van der Waals surface area contributed by atoms with E-state index in [2.05, 4.69) is 17.5 Å². The third kappa shape index (κ3) is 2.47. The normalized spacial score (nSPS) is 27.6.